The third-order valence-corrected chi connectivity index (χ3v) is 3.19. The maximum absolute atomic E-state index is 12.0. The Morgan fingerprint density at radius 1 is 1.29 bits per heavy atom. The third-order valence-electron chi connectivity index (χ3n) is 3.19. The number of amides is 2. The second-order valence-electron chi connectivity index (χ2n) is 5.48. The minimum Gasteiger partial charge on any atom is -0.399 e. The number of nitrogens with two attached hydrogens (primary N) is 1. The highest BCUT2D eigenvalue weighted by Gasteiger charge is 2.26. The fourth-order valence-corrected chi connectivity index (χ4v) is 1.90. The SMILES string of the molecule is CCNC(=O)c1ccc(N)cc1NCC(C)(C)C(=O)NC. The Morgan fingerprint density at radius 3 is 2.52 bits per heavy atom. The minimum absolute atomic E-state index is 0.0709. The molecule has 0 fully saturated rings. The van der Waals surface area contributed by atoms with E-state index in [4.69, 9.17) is 5.73 Å². The molecular weight excluding hydrogens is 268 g/mol. The number of nitrogens with one attached hydrogen (secondary N) is 3. The summed E-state index contributed by atoms with van der Waals surface area (Å²) in [5.74, 6) is -0.240. The van der Waals surface area contributed by atoms with Crippen molar-refractivity contribution < 1.29 is 9.59 Å². The van der Waals surface area contributed by atoms with E-state index in [2.05, 4.69) is 16.0 Å². The molecule has 0 aromatic heterocycles. The van der Waals surface area contributed by atoms with E-state index in [1.807, 2.05) is 20.8 Å². The lowest BCUT2D eigenvalue weighted by Gasteiger charge is -2.24. The molecule has 21 heavy (non-hydrogen) atoms. The Hall–Kier alpha value is -2.24. The second kappa shape index (κ2) is 6.97. The molecule has 116 valence electrons. The molecule has 0 saturated carbocycles. The van der Waals surface area contributed by atoms with Crippen LogP contribution in [0.5, 0.6) is 0 Å². The number of rotatable bonds is 6. The highest BCUT2D eigenvalue weighted by Crippen LogP contribution is 2.22. The van der Waals surface area contributed by atoms with E-state index in [0.29, 0.717) is 30.0 Å². The van der Waals surface area contributed by atoms with Gasteiger partial charge in [0.25, 0.3) is 5.91 Å². The lowest BCUT2D eigenvalue weighted by molar-refractivity contribution is -0.128. The van der Waals surface area contributed by atoms with Crippen LogP contribution in [0.1, 0.15) is 31.1 Å². The average Bonchev–Trinajstić information content (AvgIpc) is 2.44. The fourth-order valence-electron chi connectivity index (χ4n) is 1.90. The highest BCUT2D eigenvalue weighted by atomic mass is 16.2. The van der Waals surface area contributed by atoms with E-state index in [0.717, 1.165) is 0 Å². The van der Waals surface area contributed by atoms with Crippen LogP contribution in [-0.4, -0.2) is 32.0 Å². The fraction of sp³-hybridized carbons (Fsp3) is 0.467. The van der Waals surface area contributed by atoms with Crippen molar-refractivity contribution in [2.75, 3.05) is 31.2 Å². The van der Waals surface area contributed by atoms with E-state index in [-0.39, 0.29) is 11.8 Å². The Morgan fingerprint density at radius 2 is 1.95 bits per heavy atom. The summed E-state index contributed by atoms with van der Waals surface area (Å²) in [5.41, 5.74) is 6.87. The van der Waals surface area contributed by atoms with Crippen LogP contribution in [0.2, 0.25) is 0 Å². The van der Waals surface area contributed by atoms with Crippen LogP contribution in [0.4, 0.5) is 11.4 Å². The topological polar surface area (TPSA) is 96.2 Å². The number of carbonyl (C=O) groups is 2. The normalized spacial score (nSPS) is 10.9. The van der Waals surface area contributed by atoms with Crippen molar-refractivity contribution in [3.63, 3.8) is 0 Å². The Kier molecular flexibility index (Phi) is 5.58. The molecule has 1 aromatic carbocycles. The van der Waals surface area contributed by atoms with Crippen molar-refractivity contribution >= 4 is 23.2 Å². The van der Waals surface area contributed by atoms with Gasteiger partial charge in [-0.1, -0.05) is 0 Å². The molecule has 0 radical (unpaired) electrons. The van der Waals surface area contributed by atoms with E-state index < -0.39 is 5.41 Å². The average molecular weight is 292 g/mol. The molecule has 0 spiro atoms. The lowest BCUT2D eigenvalue weighted by Crippen LogP contribution is -2.39. The van der Waals surface area contributed by atoms with Gasteiger partial charge in [-0.25, -0.2) is 0 Å². The summed E-state index contributed by atoms with van der Waals surface area (Å²) in [7, 11) is 1.60. The molecule has 6 heteroatoms. The van der Waals surface area contributed by atoms with Crippen molar-refractivity contribution in [2.24, 2.45) is 5.41 Å². The summed E-state index contributed by atoms with van der Waals surface area (Å²) >= 11 is 0. The molecule has 0 unspecified atom stereocenters. The van der Waals surface area contributed by atoms with E-state index >= 15 is 0 Å². The van der Waals surface area contributed by atoms with Gasteiger partial charge in [0.05, 0.1) is 11.0 Å². The first-order chi connectivity index (χ1) is 9.81. The van der Waals surface area contributed by atoms with Gasteiger partial charge in [-0.3, -0.25) is 9.59 Å². The summed E-state index contributed by atoms with van der Waals surface area (Å²) in [5, 5.41) is 8.53. The first-order valence-electron chi connectivity index (χ1n) is 6.95. The van der Waals surface area contributed by atoms with Crippen molar-refractivity contribution in [1.29, 1.82) is 0 Å². The van der Waals surface area contributed by atoms with Gasteiger partial charge in [-0.15, -0.1) is 0 Å². The lowest BCUT2D eigenvalue weighted by atomic mass is 9.92. The highest BCUT2D eigenvalue weighted by molar-refractivity contribution is 6.00. The first-order valence-corrected chi connectivity index (χ1v) is 6.95. The summed E-state index contributed by atoms with van der Waals surface area (Å²) in [6, 6.07) is 5.06. The first kappa shape index (κ1) is 16.8. The smallest absolute Gasteiger partial charge is 0.253 e. The predicted octanol–water partition coefficient (Wildman–Crippen LogP) is 1.20. The second-order valence-corrected chi connectivity index (χ2v) is 5.48. The number of carbonyl (C=O) groups excluding carboxylic acids is 2. The van der Waals surface area contributed by atoms with Crippen molar-refractivity contribution in [3.05, 3.63) is 23.8 Å². The van der Waals surface area contributed by atoms with Crippen LogP contribution in [0.15, 0.2) is 18.2 Å². The van der Waals surface area contributed by atoms with Crippen LogP contribution in [-0.2, 0) is 4.79 Å². The van der Waals surface area contributed by atoms with Gasteiger partial charge in [-0.2, -0.15) is 0 Å². The molecule has 0 aliphatic carbocycles. The monoisotopic (exact) mass is 292 g/mol. The molecule has 1 aromatic rings. The Labute approximate surface area is 125 Å². The van der Waals surface area contributed by atoms with E-state index in [1.165, 1.54) is 0 Å². The molecule has 6 nitrogen and oxygen atoms in total. The minimum atomic E-state index is -0.599. The number of anilines is 2. The summed E-state index contributed by atoms with van der Waals surface area (Å²) in [6.45, 7) is 6.46. The number of nitrogen functional groups attached to an aromatic ring is 1. The zero-order valence-electron chi connectivity index (χ0n) is 13.0. The van der Waals surface area contributed by atoms with Crippen molar-refractivity contribution in [2.45, 2.75) is 20.8 Å². The molecule has 5 N–H and O–H groups in total. The Bertz CT molecular complexity index is 526. The molecule has 0 heterocycles. The number of hydrogen-bond acceptors (Lipinski definition) is 4. The van der Waals surface area contributed by atoms with E-state index in [9.17, 15) is 9.59 Å². The molecule has 0 aliphatic rings. The molecule has 2 amide bonds. The standard InChI is InChI=1S/C15H24N4O2/c1-5-18-13(20)11-7-6-10(16)8-12(11)19-9-15(2,3)14(21)17-4/h6-8,19H,5,9,16H2,1-4H3,(H,17,21)(H,18,20). The van der Waals surface area contributed by atoms with Crippen LogP contribution in [0, 0.1) is 5.41 Å². The summed E-state index contributed by atoms with van der Waals surface area (Å²) in [4.78, 5) is 23.8. The van der Waals surface area contributed by atoms with Crippen LogP contribution in [0.25, 0.3) is 0 Å². The summed E-state index contributed by atoms with van der Waals surface area (Å²) < 4.78 is 0. The van der Waals surface area contributed by atoms with E-state index in [1.54, 1.807) is 25.2 Å². The quantitative estimate of drug-likeness (QED) is 0.592. The Balaban J connectivity index is 2.94. The molecular formula is C15H24N4O2. The van der Waals surface area contributed by atoms with Gasteiger partial charge in [0.2, 0.25) is 5.91 Å². The van der Waals surface area contributed by atoms with Crippen molar-refractivity contribution in [1.82, 2.24) is 10.6 Å². The number of benzene rings is 1. The van der Waals surface area contributed by atoms with Crippen LogP contribution >= 0.6 is 0 Å². The van der Waals surface area contributed by atoms with Gasteiger partial charge in [0, 0.05) is 31.5 Å². The van der Waals surface area contributed by atoms with Gasteiger partial charge in [0.1, 0.15) is 0 Å². The van der Waals surface area contributed by atoms with Crippen LogP contribution < -0.4 is 21.7 Å². The predicted molar refractivity (Wildman–Crippen MR) is 85.2 cm³/mol. The summed E-state index contributed by atoms with van der Waals surface area (Å²) in [6.07, 6.45) is 0. The molecule has 0 aliphatic heterocycles. The van der Waals surface area contributed by atoms with Crippen LogP contribution in [0.3, 0.4) is 0 Å². The zero-order valence-corrected chi connectivity index (χ0v) is 13.0. The zero-order chi connectivity index (χ0) is 16.0. The maximum atomic E-state index is 12.0. The number of hydrogen-bond donors (Lipinski definition) is 4. The molecule has 0 saturated heterocycles. The van der Waals surface area contributed by atoms with Gasteiger partial charge < -0.3 is 21.7 Å². The van der Waals surface area contributed by atoms with Gasteiger partial charge in [-0.05, 0) is 39.0 Å². The van der Waals surface area contributed by atoms with Gasteiger partial charge in [0.15, 0.2) is 0 Å². The maximum Gasteiger partial charge on any atom is 0.253 e. The van der Waals surface area contributed by atoms with Gasteiger partial charge >= 0.3 is 0 Å². The molecule has 0 bridgehead atoms. The third kappa shape index (κ3) is 4.37. The largest absolute Gasteiger partial charge is 0.399 e. The molecule has 0 atom stereocenters. The van der Waals surface area contributed by atoms with Crippen molar-refractivity contribution in [3.8, 4) is 0 Å². The molecule has 1 rings (SSSR count).